The summed E-state index contributed by atoms with van der Waals surface area (Å²) in [6.07, 6.45) is -4.39. The second-order valence-corrected chi connectivity index (χ2v) is 5.12. The van der Waals surface area contributed by atoms with Gasteiger partial charge < -0.3 is 5.73 Å². The lowest BCUT2D eigenvalue weighted by atomic mass is 9.98. The molecule has 0 saturated heterocycles. The Labute approximate surface area is 121 Å². The Morgan fingerprint density at radius 1 is 1.00 bits per heavy atom. The van der Waals surface area contributed by atoms with Gasteiger partial charge in [-0.15, -0.1) is 0 Å². The average molecular weight is 348 g/mol. The fourth-order valence-electron chi connectivity index (χ4n) is 1.81. The third-order valence-electron chi connectivity index (χ3n) is 2.89. The minimum absolute atomic E-state index is 0.453. The van der Waals surface area contributed by atoms with E-state index in [-0.39, 0.29) is 0 Å². The van der Waals surface area contributed by atoms with E-state index in [2.05, 4.69) is 15.9 Å². The second kappa shape index (κ2) is 5.54. The van der Waals surface area contributed by atoms with Crippen LogP contribution < -0.4 is 5.73 Å². The minimum Gasteiger partial charge on any atom is -0.320 e. The van der Waals surface area contributed by atoms with E-state index in [1.165, 1.54) is 30.3 Å². The molecule has 1 nitrogen and oxygen atoms in total. The van der Waals surface area contributed by atoms with Gasteiger partial charge in [-0.05, 0) is 41.5 Å². The first kappa shape index (κ1) is 15.0. The average Bonchev–Trinajstić information content (AvgIpc) is 2.40. The summed E-state index contributed by atoms with van der Waals surface area (Å²) < 4.78 is 51.2. The second-order valence-electron chi connectivity index (χ2n) is 4.26. The highest BCUT2D eigenvalue weighted by atomic mass is 79.9. The summed E-state index contributed by atoms with van der Waals surface area (Å²) in [7, 11) is 0. The van der Waals surface area contributed by atoms with E-state index in [9.17, 15) is 17.6 Å². The highest BCUT2D eigenvalue weighted by Gasteiger charge is 2.30. The lowest BCUT2D eigenvalue weighted by Gasteiger charge is -2.15. The first-order valence-electron chi connectivity index (χ1n) is 5.66. The summed E-state index contributed by atoms with van der Waals surface area (Å²) in [6, 6.07) is 7.84. The van der Waals surface area contributed by atoms with Crippen LogP contribution in [0.5, 0.6) is 0 Å². The number of alkyl halides is 3. The maximum atomic E-state index is 13.2. The molecule has 106 valence electrons. The molecule has 0 bridgehead atoms. The van der Waals surface area contributed by atoms with Crippen LogP contribution in [0.4, 0.5) is 17.6 Å². The lowest BCUT2D eigenvalue weighted by Crippen LogP contribution is -2.13. The third-order valence-corrected chi connectivity index (χ3v) is 3.61. The molecule has 1 unspecified atom stereocenters. The van der Waals surface area contributed by atoms with Gasteiger partial charge in [0.15, 0.2) is 0 Å². The van der Waals surface area contributed by atoms with Gasteiger partial charge in [0.05, 0.1) is 11.6 Å². The van der Waals surface area contributed by atoms with E-state index in [1.54, 1.807) is 0 Å². The van der Waals surface area contributed by atoms with Crippen molar-refractivity contribution in [3.8, 4) is 0 Å². The molecule has 2 aromatic carbocycles. The van der Waals surface area contributed by atoms with Crippen LogP contribution in [0.2, 0.25) is 0 Å². The van der Waals surface area contributed by atoms with Crippen LogP contribution in [-0.4, -0.2) is 0 Å². The molecule has 0 fully saturated rings. The highest BCUT2D eigenvalue weighted by Crippen LogP contribution is 2.32. The van der Waals surface area contributed by atoms with E-state index in [4.69, 9.17) is 5.73 Å². The van der Waals surface area contributed by atoms with Crippen LogP contribution in [0.15, 0.2) is 46.9 Å². The Morgan fingerprint density at radius 3 is 2.15 bits per heavy atom. The first-order chi connectivity index (χ1) is 9.29. The van der Waals surface area contributed by atoms with Crippen LogP contribution in [0, 0.1) is 5.82 Å². The predicted molar refractivity (Wildman–Crippen MR) is 71.6 cm³/mol. The van der Waals surface area contributed by atoms with Crippen molar-refractivity contribution in [2.75, 3.05) is 0 Å². The summed E-state index contributed by atoms with van der Waals surface area (Å²) in [6.45, 7) is 0. The molecule has 2 aromatic rings. The van der Waals surface area contributed by atoms with Crippen molar-refractivity contribution in [2.24, 2.45) is 5.73 Å². The Hall–Kier alpha value is -1.40. The molecule has 0 heterocycles. The molecule has 0 aliphatic heterocycles. The molecule has 20 heavy (non-hydrogen) atoms. The standard InChI is InChI=1S/C14H10BrF4N/c15-12-6-5-10(16)7-11(12)13(20)8-1-3-9(4-2-8)14(17,18)19/h1-7,13H,20H2. The molecule has 0 spiro atoms. The van der Waals surface area contributed by atoms with Crippen molar-refractivity contribution in [1.29, 1.82) is 0 Å². The Bertz CT molecular complexity index is 608. The van der Waals surface area contributed by atoms with Crippen LogP contribution >= 0.6 is 15.9 Å². The van der Waals surface area contributed by atoms with E-state index < -0.39 is 23.6 Å². The first-order valence-corrected chi connectivity index (χ1v) is 6.46. The predicted octanol–water partition coefficient (Wildman–Crippen LogP) is 4.66. The fourth-order valence-corrected chi connectivity index (χ4v) is 2.31. The van der Waals surface area contributed by atoms with Crippen LogP contribution in [-0.2, 0) is 6.18 Å². The summed E-state index contributed by atoms with van der Waals surface area (Å²) >= 11 is 3.25. The number of hydrogen-bond acceptors (Lipinski definition) is 1. The third kappa shape index (κ3) is 3.19. The van der Waals surface area contributed by atoms with E-state index in [0.717, 1.165) is 12.1 Å². The molecule has 0 aliphatic rings. The Balaban J connectivity index is 2.34. The summed E-state index contributed by atoms with van der Waals surface area (Å²) in [5.74, 6) is -0.453. The maximum Gasteiger partial charge on any atom is 0.416 e. The SMILES string of the molecule is NC(c1ccc(C(F)(F)F)cc1)c1cc(F)ccc1Br. The number of halogens is 5. The monoisotopic (exact) mass is 347 g/mol. The smallest absolute Gasteiger partial charge is 0.320 e. The van der Waals surface area contributed by atoms with Crippen LogP contribution in [0.25, 0.3) is 0 Å². The molecule has 6 heteroatoms. The van der Waals surface area contributed by atoms with Gasteiger partial charge in [0.2, 0.25) is 0 Å². The topological polar surface area (TPSA) is 26.0 Å². The summed E-state index contributed by atoms with van der Waals surface area (Å²) in [5, 5.41) is 0. The molecule has 0 aromatic heterocycles. The fraction of sp³-hybridized carbons (Fsp3) is 0.143. The molecule has 2 rings (SSSR count). The summed E-state index contributed by atoms with van der Waals surface area (Å²) in [5.41, 5.74) is 6.18. The van der Waals surface area contributed by atoms with Crippen molar-refractivity contribution in [1.82, 2.24) is 0 Å². The van der Waals surface area contributed by atoms with Gasteiger partial charge in [-0.25, -0.2) is 4.39 Å². The van der Waals surface area contributed by atoms with Gasteiger partial charge in [-0.2, -0.15) is 13.2 Å². The number of rotatable bonds is 2. The molecule has 0 amide bonds. The van der Waals surface area contributed by atoms with Crippen molar-refractivity contribution >= 4 is 15.9 Å². The molecular formula is C14H10BrF4N. The molecule has 0 saturated carbocycles. The molecular weight excluding hydrogens is 338 g/mol. The maximum absolute atomic E-state index is 13.2. The van der Waals surface area contributed by atoms with Gasteiger partial charge in [0.25, 0.3) is 0 Å². The van der Waals surface area contributed by atoms with Gasteiger partial charge >= 0.3 is 6.18 Å². The quantitative estimate of drug-likeness (QED) is 0.786. The lowest BCUT2D eigenvalue weighted by molar-refractivity contribution is -0.137. The van der Waals surface area contributed by atoms with Crippen molar-refractivity contribution in [2.45, 2.75) is 12.2 Å². The largest absolute Gasteiger partial charge is 0.416 e. The van der Waals surface area contributed by atoms with Gasteiger partial charge in [0.1, 0.15) is 5.82 Å². The van der Waals surface area contributed by atoms with E-state index in [1.807, 2.05) is 0 Å². The Kier molecular flexibility index (Phi) is 4.15. The van der Waals surface area contributed by atoms with Crippen molar-refractivity contribution in [3.05, 3.63) is 69.4 Å². The minimum atomic E-state index is -4.39. The van der Waals surface area contributed by atoms with Crippen molar-refractivity contribution in [3.63, 3.8) is 0 Å². The van der Waals surface area contributed by atoms with E-state index >= 15 is 0 Å². The summed E-state index contributed by atoms with van der Waals surface area (Å²) in [4.78, 5) is 0. The normalized spacial score (nSPS) is 13.3. The highest BCUT2D eigenvalue weighted by molar-refractivity contribution is 9.10. The molecule has 2 N–H and O–H groups in total. The van der Waals surface area contributed by atoms with Crippen molar-refractivity contribution < 1.29 is 17.6 Å². The van der Waals surface area contributed by atoms with Gasteiger partial charge in [-0.3, -0.25) is 0 Å². The van der Waals surface area contributed by atoms with E-state index in [0.29, 0.717) is 15.6 Å². The zero-order chi connectivity index (χ0) is 14.9. The molecule has 1 atom stereocenters. The van der Waals surface area contributed by atoms with Crippen LogP contribution in [0.3, 0.4) is 0 Å². The number of hydrogen-bond donors (Lipinski definition) is 1. The zero-order valence-corrected chi connectivity index (χ0v) is 11.7. The van der Waals surface area contributed by atoms with Gasteiger partial charge in [0, 0.05) is 4.47 Å². The Morgan fingerprint density at radius 2 is 1.60 bits per heavy atom. The zero-order valence-electron chi connectivity index (χ0n) is 10.1. The molecule has 0 radical (unpaired) electrons. The molecule has 0 aliphatic carbocycles. The number of nitrogens with two attached hydrogens (primary N) is 1. The van der Waals surface area contributed by atoms with Gasteiger partial charge in [-0.1, -0.05) is 28.1 Å². The number of benzene rings is 2. The van der Waals surface area contributed by atoms with Crippen LogP contribution in [0.1, 0.15) is 22.7 Å².